The Morgan fingerprint density at radius 2 is 2.07 bits per heavy atom. The molecule has 0 saturated carbocycles. The zero-order chi connectivity index (χ0) is 19.6. The summed E-state index contributed by atoms with van der Waals surface area (Å²) < 4.78 is 5.78. The Hall–Kier alpha value is -1.69. The van der Waals surface area contributed by atoms with Crippen molar-refractivity contribution in [2.75, 3.05) is 37.7 Å². The van der Waals surface area contributed by atoms with Gasteiger partial charge in [-0.25, -0.2) is 9.97 Å². The molecule has 3 aliphatic rings. The Labute approximate surface area is 168 Å². The van der Waals surface area contributed by atoms with Gasteiger partial charge in [0, 0.05) is 57.4 Å². The lowest BCUT2D eigenvalue weighted by Gasteiger charge is -2.48. The lowest BCUT2D eigenvalue weighted by atomic mass is 9.72. The van der Waals surface area contributed by atoms with Crippen molar-refractivity contribution in [2.24, 2.45) is 5.41 Å². The second kappa shape index (κ2) is 8.36. The highest BCUT2D eigenvalue weighted by molar-refractivity contribution is 5.77. The van der Waals surface area contributed by atoms with Gasteiger partial charge in [-0.05, 0) is 50.9 Å². The summed E-state index contributed by atoms with van der Waals surface area (Å²) in [6.45, 7) is 8.81. The number of anilines is 1. The van der Waals surface area contributed by atoms with Crippen molar-refractivity contribution in [3.63, 3.8) is 0 Å². The number of carbonyl (C=O) groups is 1. The van der Waals surface area contributed by atoms with Gasteiger partial charge in [-0.3, -0.25) is 4.79 Å². The highest BCUT2D eigenvalue weighted by atomic mass is 16.5. The summed E-state index contributed by atoms with van der Waals surface area (Å²) in [6.07, 6.45) is 8.48. The summed E-state index contributed by atoms with van der Waals surface area (Å²) in [4.78, 5) is 26.4. The topological polar surface area (TPSA) is 58.6 Å². The minimum Gasteiger partial charge on any atom is -0.376 e. The fraction of sp³-hybridized carbons (Fsp3) is 0.773. The number of rotatable bonds is 5. The quantitative estimate of drug-likeness (QED) is 0.778. The van der Waals surface area contributed by atoms with Crippen LogP contribution in [-0.4, -0.2) is 59.7 Å². The molecule has 3 aliphatic heterocycles. The summed E-state index contributed by atoms with van der Waals surface area (Å²) in [5.41, 5.74) is 1.33. The molecule has 0 bridgehead atoms. The molecule has 1 spiro atoms. The third-order valence-electron chi connectivity index (χ3n) is 6.70. The van der Waals surface area contributed by atoms with Crippen molar-refractivity contribution in [1.29, 1.82) is 0 Å². The van der Waals surface area contributed by atoms with Crippen LogP contribution in [0.2, 0.25) is 0 Å². The van der Waals surface area contributed by atoms with Gasteiger partial charge in [0.15, 0.2) is 0 Å². The molecule has 6 nitrogen and oxygen atoms in total. The molecule has 1 amide bonds. The van der Waals surface area contributed by atoms with Gasteiger partial charge in [-0.2, -0.15) is 0 Å². The van der Waals surface area contributed by atoms with Gasteiger partial charge in [0.05, 0.1) is 6.10 Å². The second-order valence-electron chi connectivity index (χ2n) is 8.93. The first-order chi connectivity index (χ1) is 13.6. The molecule has 154 valence electrons. The second-order valence-corrected chi connectivity index (χ2v) is 8.93. The van der Waals surface area contributed by atoms with E-state index in [9.17, 15) is 4.79 Å². The summed E-state index contributed by atoms with van der Waals surface area (Å²) in [7, 11) is 0. The van der Waals surface area contributed by atoms with E-state index in [2.05, 4.69) is 34.7 Å². The van der Waals surface area contributed by atoms with Crippen LogP contribution in [0.15, 0.2) is 6.07 Å². The summed E-state index contributed by atoms with van der Waals surface area (Å²) >= 11 is 0. The first-order valence-corrected chi connectivity index (χ1v) is 11.1. The van der Waals surface area contributed by atoms with Crippen molar-refractivity contribution >= 4 is 11.7 Å². The van der Waals surface area contributed by atoms with E-state index in [0.29, 0.717) is 12.3 Å². The monoisotopic (exact) mass is 386 g/mol. The van der Waals surface area contributed by atoms with E-state index in [1.807, 2.05) is 0 Å². The SMILES string of the molecule is CCCc1nc(C)cc(N2CCC3(CCC(=O)N(CC4CCCO4)C3)CC2)n1. The number of aromatic nitrogens is 2. The van der Waals surface area contributed by atoms with Gasteiger partial charge in [0.1, 0.15) is 11.6 Å². The van der Waals surface area contributed by atoms with E-state index in [1.165, 1.54) is 0 Å². The van der Waals surface area contributed by atoms with Crippen LogP contribution >= 0.6 is 0 Å². The Balaban J connectivity index is 1.39. The molecule has 28 heavy (non-hydrogen) atoms. The van der Waals surface area contributed by atoms with Gasteiger partial charge >= 0.3 is 0 Å². The minimum atomic E-state index is 0.250. The molecule has 1 unspecified atom stereocenters. The number of likely N-dealkylation sites (tertiary alicyclic amines) is 1. The molecule has 6 heteroatoms. The van der Waals surface area contributed by atoms with E-state index in [-0.39, 0.29) is 11.5 Å². The molecule has 1 atom stereocenters. The van der Waals surface area contributed by atoms with Gasteiger partial charge in [-0.15, -0.1) is 0 Å². The molecule has 3 fully saturated rings. The predicted octanol–water partition coefficient (Wildman–Crippen LogP) is 3.13. The van der Waals surface area contributed by atoms with Crippen LogP contribution in [0.3, 0.4) is 0 Å². The first kappa shape index (κ1) is 19.6. The van der Waals surface area contributed by atoms with Crippen LogP contribution in [0, 0.1) is 12.3 Å². The van der Waals surface area contributed by atoms with E-state index < -0.39 is 0 Å². The third kappa shape index (κ3) is 4.32. The normalized spacial score (nSPS) is 24.9. The van der Waals surface area contributed by atoms with Crippen molar-refractivity contribution in [1.82, 2.24) is 14.9 Å². The smallest absolute Gasteiger partial charge is 0.222 e. The van der Waals surface area contributed by atoms with Crippen LogP contribution in [0.1, 0.15) is 63.4 Å². The molecule has 4 rings (SSSR count). The maximum absolute atomic E-state index is 12.5. The maximum Gasteiger partial charge on any atom is 0.222 e. The average Bonchev–Trinajstić information content (AvgIpc) is 3.18. The van der Waals surface area contributed by atoms with E-state index >= 15 is 0 Å². The number of nitrogens with zero attached hydrogens (tertiary/aromatic N) is 4. The molecule has 0 aliphatic carbocycles. The fourth-order valence-electron chi connectivity index (χ4n) is 5.03. The van der Waals surface area contributed by atoms with Crippen LogP contribution in [0.25, 0.3) is 0 Å². The number of aryl methyl sites for hydroxylation is 2. The fourth-order valence-corrected chi connectivity index (χ4v) is 5.03. The van der Waals surface area contributed by atoms with Crippen molar-refractivity contribution in [3.8, 4) is 0 Å². The molecule has 1 aromatic rings. The highest BCUT2D eigenvalue weighted by Crippen LogP contribution is 2.41. The van der Waals surface area contributed by atoms with Gasteiger partial charge in [-0.1, -0.05) is 6.92 Å². The van der Waals surface area contributed by atoms with Crippen LogP contribution in [0.5, 0.6) is 0 Å². The first-order valence-electron chi connectivity index (χ1n) is 11.1. The Morgan fingerprint density at radius 3 is 2.79 bits per heavy atom. The maximum atomic E-state index is 12.5. The number of hydrogen-bond donors (Lipinski definition) is 0. The summed E-state index contributed by atoms with van der Waals surface area (Å²) in [6, 6.07) is 2.12. The molecule has 0 N–H and O–H groups in total. The van der Waals surface area contributed by atoms with Crippen LogP contribution in [0.4, 0.5) is 5.82 Å². The number of carbonyl (C=O) groups excluding carboxylic acids is 1. The van der Waals surface area contributed by atoms with Crippen molar-refractivity contribution in [3.05, 3.63) is 17.6 Å². The molecule has 3 saturated heterocycles. The molecule has 1 aromatic heterocycles. The lowest BCUT2D eigenvalue weighted by Crippen LogP contribution is -2.53. The summed E-state index contributed by atoms with van der Waals surface area (Å²) in [5.74, 6) is 2.36. The van der Waals surface area contributed by atoms with E-state index in [1.54, 1.807) is 0 Å². The standard InChI is InChI=1S/C22H34N4O2/c1-3-5-19-23-17(2)14-20(24-19)25-11-9-22(10-12-25)8-7-21(27)26(16-22)15-18-6-4-13-28-18/h14,18H,3-13,15-16H2,1-2H3. The summed E-state index contributed by atoms with van der Waals surface area (Å²) in [5, 5.41) is 0. The Kier molecular flexibility index (Phi) is 5.85. The van der Waals surface area contributed by atoms with Crippen LogP contribution < -0.4 is 4.90 Å². The largest absolute Gasteiger partial charge is 0.376 e. The molecular weight excluding hydrogens is 352 g/mol. The van der Waals surface area contributed by atoms with Crippen molar-refractivity contribution in [2.45, 2.75) is 71.3 Å². The van der Waals surface area contributed by atoms with Crippen LogP contribution in [-0.2, 0) is 16.0 Å². The molecule has 0 aromatic carbocycles. The van der Waals surface area contributed by atoms with Gasteiger partial charge in [0.25, 0.3) is 0 Å². The number of hydrogen-bond acceptors (Lipinski definition) is 5. The van der Waals surface area contributed by atoms with Gasteiger partial charge < -0.3 is 14.5 Å². The average molecular weight is 387 g/mol. The van der Waals surface area contributed by atoms with Crippen molar-refractivity contribution < 1.29 is 9.53 Å². The van der Waals surface area contributed by atoms with E-state index in [0.717, 1.165) is 95.1 Å². The van der Waals surface area contributed by atoms with E-state index in [4.69, 9.17) is 9.72 Å². The molecule has 4 heterocycles. The Bertz CT molecular complexity index is 694. The Morgan fingerprint density at radius 1 is 1.25 bits per heavy atom. The predicted molar refractivity (Wildman–Crippen MR) is 109 cm³/mol. The van der Waals surface area contributed by atoms with Gasteiger partial charge in [0.2, 0.25) is 5.91 Å². The number of amides is 1. The molecule has 0 radical (unpaired) electrons. The third-order valence-corrected chi connectivity index (χ3v) is 6.70. The number of piperidine rings is 2. The highest BCUT2D eigenvalue weighted by Gasteiger charge is 2.41. The minimum absolute atomic E-state index is 0.250. The zero-order valence-electron chi connectivity index (χ0n) is 17.5. The zero-order valence-corrected chi connectivity index (χ0v) is 17.5. The number of ether oxygens (including phenoxy) is 1. The lowest BCUT2D eigenvalue weighted by molar-refractivity contribution is -0.140. The molecular formula is C22H34N4O2.